The van der Waals surface area contributed by atoms with Gasteiger partial charge in [-0.1, -0.05) is 11.6 Å². The second-order valence-electron chi connectivity index (χ2n) is 9.29. The summed E-state index contributed by atoms with van der Waals surface area (Å²) in [6.45, 7) is 8.08. The fourth-order valence-corrected chi connectivity index (χ4v) is 4.78. The lowest BCUT2D eigenvalue weighted by atomic mass is 10.0. The molecular weight excluding hydrogens is 482 g/mol. The number of nitrogens with zero attached hydrogens (tertiary/aromatic N) is 3. The predicted molar refractivity (Wildman–Crippen MR) is 140 cm³/mol. The van der Waals surface area contributed by atoms with E-state index >= 15 is 0 Å². The standard InChI is InChI=1S/C21H24N4O3.C5H8ClNO/c1-13-10-18-16(11-15(13)21(27)24-6-2-3-7-24)19-17(20(26)23-18)12-22-25(19)14-4-8-28-9-5-14;1-4(6)3-7-5(2)8/h10-12,14H,2-9H2,1H3,(H,23,26);3H,1-2H3,(H,7,8)/b;4-3+. The molecule has 0 unspecified atom stereocenters. The number of H-pyrrole nitrogens is 1. The number of carbonyl (C=O) groups excluding carboxylic acids is 2. The van der Waals surface area contributed by atoms with E-state index in [4.69, 9.17) is 16.3 Å². The van der Waals surface area contributed by atoms with Crippen molar-refractivity contribution < 1.29 is 14.3 Å². The number of rotatable bonds is 3. The van der Waals surface area contributed by atoms with Gasteiger partial charge in [-0.2, -0.15) is 5.10 Å². The summed E-state index contributed by atoms with van der Waals surface area (Å²) in [4.78, 5) is 40.7. The second-order valence-corrected chi connectivity index (χ2v) is 9.89. The molecule has 2 aliphatic rings. The van der Waals surface area contributed by atoms with Crippen LogP contribution in [0.15, 0.2) is 34.4 Å². The smallest absolute Gasteiger partial charge is 0.259 e. The first-order valence-corrected chi connectivity index (χ1v) is 12.6. The van der Waals surface area contributed by atoms with Gasteiger partial charge in [-0.05, 0) is 57.2 Å². The number of benzene rings is 1. The van der Waals surface area contributed by atoms with Crippen molar-refractivity contribution in [2.75, 3.05) is 26.3 Å². The van der Waals surface area contributed by atoms with Crippen molar-refractivity contribution >= 4 is 45.2 Å². The number of pyridine rings is 1. The van der Waals surface area contributed by atoms with Crippen molar-refractivity contribution in [3.8, 4) is 0 Å². The van der Waals surface area contributed by atoms with Crippen LogP contribution in [0.5, 0.6) is 0 Å². The number of ether oxygens (including phenoxy) is 1. The molecule has 3 aromatic rings. The highest BCUT2D eigenvalue weighted by Crippen LogP contribution is 2.30. The Balaban J connectivity index is 0.000000331. The third-order valence-corrected chi connectivity index (χ3v) is 6.65. The Morgan fingerprint density at radius 3 is 2.47 bits per heavy atom. The highest BCUT2D eigenvalue weighted by Gasteiger charge is 2.24. The fourth-order valence-electron chi connectivity index (χ4n) is 4.72. The Labute approximate surface area is 214 Å². The number of allylic oxidation sites excluding steroid dienone is 1. The van der Waals surface area contributed by atoms with Gasteiger partial charge in [-0.25, -0.2) is 0 Å². The number of carbonyl (C=O) groups is 2. The monoisotopic (exact) mass is 513 g/mol. The van der Waals surface area contributed by atoms with E-state index in [1.54, 1.807) is 13.1 Å². The van der Waals surface area contributed by atoms with Crippen LogP contribution in [0.1, 0.15) is 61.5 Å². The number of aromatic nitrogens is 3. The van der Waals surface area contributed by atoms with E-state index in [9.17, 15) is 14.4 Å². The molecule has 2 fully saturated rings. The quantitative estimate of drug-likeness (QED) is 0.550. The molecule has 2 N–H and O–H groups in total. The van der Waals surface area contributed by atoms with E-state index in [2.05, 4.69) is 15.4 Å². The molecule has 192 valence electrons. The average molecular weight is 514 g/mol. The van der Waals surface area contributed by atoms with Crippen LogP contribution in [0.3, 0.4) is 0 Å². The summed E-state index contributed by atoms with van der Waals surface area (Å²) in [6, 6.07) is 4.07. The van der Waals surface area contributed by atoms with Crippen molar-refractivity contribution in [3.63, 3.8) is 0 Å². The summed E-state index contributed by atoms with van der Waals surface area (Å²) >= 11 is 5.37. The summed E-state index contributed by atoms with van der Waals surface area (Å²) in [7, 11) is 0. The molecule has 36 heavy (non-hydrogen) atoms. The molecule has 0 spiro atoms. The maximum Gasteiger partial charge on any atom is 0.259 e. The Kier molecular flexibility index (Phi) is 8.11. The normalized spacial score (nSPS) is 16.8. The molecule has 9 nitrogen and oxygen atoms in total. The van der Waals surface area contributed by atoms with Gasteiger partial charge in [0.1, 0.15) is 0 Å². The molecule has 4 heterocycles. The first-order valence-electron chi connectivity index (χ1n) is 12.3. The van der Waals surface area contributed by atoms with Crippen LogP contribution < -0.4 is 10.9 Å². The summed E-state index contributed by atoms with van der Waals surface area (Å²) in [5.74, 6) is -0.0293. The third-order valence-electron chi connectivity index (χ3n) is 6.54. The molecule has 2 aliphatic heterocycles. The Morgan fingerprint density at radius 2 is 1.86 bits per heavy atom. The molecule has 2 saturated heterocycles. The van der Waals surface area contributed by atoms with Crippen LogP contribution >= 0.6 is 11.6 Å². The van der Waals surface area contributed by atoms with Crippen molar-refractivity contribution in [3.05, 3.63) is 51.0 Å². The maximum atomic E-state index is 13.1. The minimum Gasteiger partial charge on any atom is -0.381 e. The van der Waals surface area contributed by atoms with E-state index in [0.29, 0.717) is 29.2 Å². The van der Waals surface area contributed by atoms with Gasteiger partial charge >= 0.3 is 0 Å². The summed E-state index contributed by atoms with van der Waals surface area (Å²) in [6.07, 6.45) is 6.96. The van der Waals surface area contributed by atoms with Crippen LogP contribution in [-0.2, 0) is 9.53 Å². The van der Waals surface area contributed by atoms with Gasteiger partial charge in [0, 0.05) is 55.4 Å². The number of hydrogen-bond acceptors (Lipinski definition) is 5. The predicted octanol–water partition coefficient (Wildman–Crippen LogP) is 4.00. The number of nitrogens with one attached hydrogen (secondary N) is 2. The van der Waals surface area contributed by atoms with Gasteiger partial charge in [0.15, 0.2) is 0 Å². The number of likely N-dealkylation sites (tertiary alicyclic amines) is 1. The molecule has 10 heteroatoms. The molecule has 0 saturated carbocycles. The van der Waals surface area contributed by atoms with Gasteiger partial charge in [-0.15, -0.1) is 0 Å². The van der Waals surface area contributed by atoms with Crippen LogP contribution in [0, 0.1) is 6.92 Å². The fraction of sp³-hybridized carbons (Fsp3) is 0.462. The molecule has 2 aromatic heterocycles. The van der Waals surface area contributed by atoms with Gasteiger partial charge in [0.25, 0.3) is 11.5 Å². The van der Waals surface area contributed by atoms with Gasteiger partial charge in [0.05, 0.1) is 28.7 Å². The lowest BCUT2D eigenvalue weighted by molar-refractivity contribution is -0.118. The second kappa shape index (κ2) is 11.3. The Hall–Kier alpha value is -3.17. The highest BCUT2D eigenvalue weighted by atomic mass is 35.5. The van der Waals surface area contributed by atoms with Crippen LogP contribution in [-0.4, -0.2) is 57.8 Å². The number of aryl methyl sites for hydroxylation is 1. The Bertz CT molecular complexity index is 1360. The topological polar surface area (TPSA) is 109 Å². The van der Waals surface area contributed by atoms with Crippen molar-refractivity contribution in [2.45, 2.75) is 52.5 Å². The van der Waals surface area contributed by atoms with Crippen LogP contribution in [0.4, 0.5) is 0 Å². The van der Waals surface area contributed by atoms with Gasteiger partial charge in [0.2, 0.25) is 5.91 Å². The molecule has 0 radical (unpaired) electrons. The number of halogens is 1. The van der Waals surface area contributed by atoms with E-state index < -0.39 is 0 Å². The summed E-state index contributed by atoms with van der Waals surface area (Å²) < 4.78 is 7.45. The lowest BCUT2D eigenvalue weighted by Crippen LogP contribution is -2.28. The zero-order valence-electron chi connectivity index (χ0n) is 20.9. The Morgan fingerprint density at radius 1 is 1.17 bits per heavy atom. The molecule has 5 rings (SSSR count). The first kappa shape index (κ1) is 25.9. The molecule has 0 aliphatic carbocycles. The van der Waals surface area contributed by atoms with Gasteiger partial charge in [-0.3, -0.25) is 19.1 Å². The highest BCUT2D eigenvalue weighted by molar-refractivity contribution is 6.29. The molecule has 1 aromatic carbocycles. The number of fused-ring (bicyclic) bond motifs is 3. The van der Waals surface area contributed by atoms with E-state index in [1.165, 1.54) is 13.1 Å². The summed E-state index contributed by atoms with van der Waals surface area (Å²) in [5, 5.41) is 8.98. The van der Waals surface area contributed by atoms with E-state index in [-0.39, 0.29) is 23.4 Å². The number of hydrogen-bond donors (Lipinski definition) is 2. The largest absolute Gasteiger partial charge is 0.381 e. The van der Waals surface area contributed by atoms with Gasteiger partial charge < -0.3 is 19.9 Å². The zero-order valence-corrected chi connectivity index (χ0v) is 21.7. The van der Waals surface area contributed by atoms with Crippen molar-refractivity contribution in [2.24, 2.45) is 0 Å². The third kappa shape index (κ3) is 5.63. The van der Waals surface area contributed by atoms with Crippen molar-refractivity contribution in [1.82, 2.24) is 25.0 Å². The number of aromatic amines is 1. The van der Waals surface area contributed by atoms with E-state index in [0.717, 1.165) is 60.8 Å². The molecule has 2 amide bonds. The zero-order chi connectivity index (χ0) is 25.8. The minimum absolute atomic E-state index is 0.0772. The van der Waals surface area contributed by atoms with Crippen LogP contribution in [0.25, 0.3) is 21.8 Å². The number of amides is 2. The molecule has 0 bridgehead atoms. The minimum atomic E-state index is -0.140. The van der Waals surface area contributed by atoms with Crippen LogP contribution in [0.2, 0.25) is 0 Å². The maximum absolute atomic E-state index is 13.1. The summed E-state index contributed by atoms with van der Waals surface area (Å²) in [5.41, 5.74) is 3.03. The average Bonchev–Trinajstić information content (AvgIpc) is 3.54. The van der Waals surface area contributed by atoms with E-state index in [1.807, 2.05) is 28.6 Å². The molecule has 0 atom stereocenters. The lowest BCUT2D eigenvalue weighted by Gasteiger charge is -2.23. The first-order chi connectivity index (χ1) is 17.3. The SMILES string of the molecule is CC(=O)N/C=C(\C)Cl.Cc1cc2[nH]c(=O)c3cnn(C4CCOCC4)c3c2cc1C(=O)N1CCCC1. The molecular formula is C26H32ClN5O4. The van der Waals surface area contributed by atoms with Crippen molar-refractivity contribution in [1.29, 1.82) is 0 Å².